The number of nitro benzene ring substituents is 1. The lowest BCUT2D eigenvalue weighted by Crippen LogP contribution is -1.88. The molecule has 0 radical (unpaired) electrons. The molecule has 0 bridgehead atoms. The van der Waals surface area contributed by atoms with Crippen LogP contribution in [0.3, 0.4) is 0 Å². The number of benzene rings is 1. The molecule has 0 aliphatic heterocycles. The van der Waals surface area contributed by atoms with Crippen LogP contribution in [0.2, 0.25) is 0 Å². The first-order chi connectivity index (χ1) is 6.18. The molecular formula is C7H4BrN3O2. The fourth-order valence-electron chi connectivity index (χ4n) is 1.13. The largest absolute Gasteiger partial charge is 0.332 e. The number of nitrogens with zero attached hydrogens (tertiary/aromatic N) is 2. The Morgan fingerprint density at radius 3 is 3.00 bits per heavy atom. The van der Waals surface area contributed by atoms with Gasteiger partial charge in [0.2, 0.25) is 0 Å². The number of rotatable bonds is 1. The van der Waals surface area contributed by atoms with Crippen LogP contribution in [-0.4, -0.2) is 14.9 Å². The highest BCUT2D eigenvalue weighted by atomic mass is 79.9. The van der Waals surface area contributed by atoms with E-state index in [1.807, 2.05) is 0 Å². The van der Waals surface area contributed by atoms with Gasteiger partial charge in [-0.2, -0.15) is 0 Å². The van der Waals surface area contributed by atoms with Gasteiger partial charge in [-0.1, -0.05) is 6.07 Å². The molecule has 1 aromatic carbocycles. The summed E-state index contributed by atoms with van der Waals surface area (Å²) in [6.45, 7) is 0. The normalized spacial score (nSPS) is 10.5. The molecule has 5 nitrogen and oxygen atoms in total. The molecule has 0 atom stereocenters. The third-order valence-corrected chi connectivity index (χ3v) is 2.03. The standard InChI is InChI=1S/C7H4BrN3O2/c8-7-9-4-2-1-3-5(11(12)13)6(4)10-7/h1-3H,(H,9,10). The topological polar surface area (TPSA) is 71.8 Å². The Bertz CT molecular complexity index is 480. The minimum absolute atomic E-state index is 0.0134. The van der Waals surface area contributed by atoms with Crippen molar-refractivity contribution < 1.29 is 4.92 Å². The van der Waals surface area contributed by atoms with E-state index in [1.54, 1.807) is 12.1 Å². The summed E-state index contributed by atoms with van der Waals surface area (Å²) in [5, 5.41) is 10.6. The zero-order chi connectivity index (χ0) is 9.42. The first kappa shape index (κ1) is 8.18. The van der Waals surface area contributed by atoms with E-state index in [0.29, 0.717) is 15.8 Å². The van der Waals surface area contributed by atoms with Crippen molar-refractivity contribution in [2.45, 2.75) is 0 Å². The number of nitrogens with one attached hydrogen (secondary N) is 1. The van der Waals surface area contributed by atoms with Gasteiger partial charge in [0.25, 0.3) is 5.69 Å². The van der Waals surface area contributed by atoms with Crippen LogP contribution < -0.4 is 0 Å². The van der Waals surface area contributed by atoms with Crippen LogP contribution in [0.4, 0.5) is 5.69 Å². The monoisotopic (exact) mass is 241 g/mol. The van der Waals surface area contributed by atoms with Crippen LogP contribution in [0.1, 0.15) is 0 Å². The average molecular weight is 242 g/mol. The Balaban J connectivity index is 2.82. The number of H-pyrrole nitrogens is 1. The smallest absolute Gasteiger partial charge is 0.297 e. The Morgan fingerprint density at radius 2 is 2.31 bits per heavy atom. The second-order valence-electron chi connectivity index (χ2n) is 2.46. The molecule has 0 fully saturated rings. The summed E-state index contributed by atoms with van der Waals surface area (Å²) in [5.41, 5.74) is 1.04. The highest BCUT2D eigenvalue weighted by molar-refractivity contribution is 9.10. The quantitative estimate of drug-likeness (QED) is 0.615. The lowest BCUT2D eigenvalue weighted by Gasteiger charge is -1.90. The van der Waals surface area contributed by atoms with E-state index in [1.165, 1.54) is 6.07 Å². The van der Waals surface area contributed by atoms with Gasteiger partial charge >= 0.3 is 0 Å². The fourth-order valence-corrected chi connectivity index (χ4v) is 1.53. The van der Waals surface area contributed by atoms with Gasteiger partial charge in [-0.3, -0.25) is 10.1 Å². The van der Waals surface area contributed by atoms with E-state index in [0.717, 1.165) is 0 Å². The number of para-hydroxylation sites is 1. The van der Waals surface area contributed by atoms with Gasteiger partial charge in [0.05, 0.1) is 10.4 Å². The molecule has 6 heteroatoms. The molecule has 13 heavy (non-hydrogen) atoms. The third-order valence-electron chi connectivity index (χ3n) is 1.66. The fraction of sp³-hybridized carbons (Fsp3) is 0. The van der Waals surface area contributed by atoms with Gasteiger partial charge < -0.3 is 4.98 Å². The Labute approximate surface area is 81.1 Å². The third kappa shape index (κ3) is 1.29. The van der Waals surface area contributed by atoms with Crippen molar-refractivity contribution in [2.75, 3.05) is 0 Å². The van der Waals surface area contributed by atoms with Crippen LogP contribution in [-0.2, 0) is 0 Å². The van der Waals surface area contributed by atoms with E-state index in [4.69, 9.17) is 0 Å². The minimum Gasteiger partial charge on any atom is -0.332 e. The van der Waals surface area contributed by atoms with Crippen LogP contribution in [0.25, 0.3) is 11.0 Å². The summed E-state index contributed by atoms with van der Waals surface area (Å²) in [5.74, 6) is 0. The molecule has 0 saturated carbocycles. The summed E-state index contributed by atoms with van der Waals surface area (Å²) in [6, 6.07) is 4.78. The van der Waals surface area contributed by atoms with E-state index < -0.39 is 4.92 Å². The van der Waals surface area contributed by atoms with Crippen molar-refractivity contribution in [1.29, 1.82) is 0 Å². The van der Waals surface area contributed by atoms with Gasteiger partial charge in [0.1, 0.15) is 0 Å². The van der Waals surface area contributed by atoms with Crippen molar-refractivity contribution in [3.05, 3.63) is 33.0 Å². The number of imidazole rings is 1. The number of hydrogen-bond donors (Lipinski definition) is 1. The summed E-state index contributed by atoms with van der Waals surface area (Å²) in [7, 11) is 0. The molecule has 1 N–H and O–H groups in total. The molecule has 1 aromatic heterocycles. The van der Waals surface area contributed by atoms with Gasteiger partial charge in [-0.15, -0.1) is 0 Å². The highest BCUT2D eigenvalue weighted by Gasteiger charge is 2.13. The van der Waals surface area contributed by atoms with Crippen molar-refractivity contribution >= 4 is 32.7 Å². The highest BCUT2D eigenvalue weighted by Crippen LogP contribution is 2.24. The van der Waals surface area contributed by atoms with Crippen molar-refractivity contribution in [3.8, 4) is 0 Å². The summed E-state index contributed by atoms with van der Waals surface area (Å²) in [6.07, 6.45) is 0. The summed E-state index contributed by atoms with van der Waals surface area (Å²) in [4.78, 5) is 16.9. The van der Waals surface area contributed by atoms with Crippen LogP contribution in [0, 0.1) is 10.1 Å². The first-order valence-corrected chi connectivity index (χ1v) is 4.26. The number of halogens is 1. The molecule has 2 aromatic rings. The van der Waals surface area contributed by atoms with Crippen molar-refractivity contribution in [3.63, 3.8) is 0 Å². The molecule has 0 unspecified atom stereocenters. The second kappa shape index (κ2) is 2.81. The molecule has 66 valence electrons. The van der Waals surface area contributed by atoms with Crippen LogP contribution in [0.15, 0.2) is 22.9 Å². The Morgan fingerprint density at radius 1 is 1.54 bits per heavy atom. The number of nitro groups is 1. The van der Waals surface area contributed by atoms with Gasteiger partial charge in [-0.25, -0.2) is 4.98 Å². The molecule has 0 aliphatic rings. The summed E-state index contributed by atoms with van der Waals surface area (Å²) >= 11 is 3.12. The number of fused-ring (bicyclic) bond motifs is 1. The Hall–Kier alpha value is -1.43. The van der Waals surface area contributed by atoms with Gasteiger partial charge in [-0.05, 0) is 22.0 Å². The number of hydrogen-bond acceptors (Lipinski definition) is 3. The molecule has 1 heterocycles. The van der Waals surface area contributed by atoms with Crippen molar-refractivity contribution in [1.82, 2.24) is 9.97 Å². The molecule has 0 amide bonds. The van der Waals surface area contributed by atoms with Crippen molar-refractivity contribution in [2.24, 2.45) is 0 Å². The van der Waals surface area contributed by atoms with Crippen LogP contribution in [0.5, 0.6) is 0 Å². The molecule has 2 rings (SSSR count). The average Bonchev–Trinajstić information content (AvgIpc) is 2.43. The molecular weight excluding hydrogens is 238 g/mol. The maximum Gasteiger partial charge on any atom is 0.297 e. The zero-order valence-corrected chi connectivity index (χ0v) is 7.91. The predicted octanol–water partition coefficient (Wildman–Crippen LogP) is 2.23. The molecule has 0 aliphatic carbocycles. The second-order valence-corrected chi connectivity index (χ2v) is 3.21. The van der Waals surface area contributed by atoms with Crippen LogP contribution >= 0.6 is 15.9 Å². The van der Waals surface area contributed by atoms with E-state index in [2.05, 4.69) is 25.9 Å². The molecule has 0 spiro atoms. The van der Waals surface area contributed by atoms with Gasteiger partial charge in [0, 0.05) is 6.07 Å². The number of aromatic amines is 1. The lowest BCUT2D eigenvalue weighted by atomic mass is 10.3. The van der Waals surface area contributed by atoms with E-state index >= 15 is 0 Å². The SMILES string of the molecule is O=[N+]([O-])c1cccc2[nH]c(Br)nc12. The number of aromatic nitrogens is 2. The molecule has 0 saturated heterocycles. The zero-order valence-electron chi connectivity index (χ0n) is 6.32. The van der Waals surface area contributed by atoms with Gasteiger partial charge in [0.15, 0.2) is 10.3 Å². The Kier molecular flexibility index (Phi) is 1.77. The van der Waals surface area contributed by atoms with E-state index in [-0.39, 0.29) is 5.69 Å². The minimum atomic E-state index is -0.449. The maximum absolute atomic E-state index is 10.6. The van der Waals surface area contributed by atoms with E-state index in [9.17, 15) is 10.1 Å². The predicted molar refractivity (Wildman–Crippen MR) is 50.4 cm³/mol. The summed E-state index contributed by atoms with van der Waals surface area (Å²) < 4.78 is 0.497. The number of non-ortho nitro benzene ring substituents is 1. The maximum atomic E-state index is 10.6. The first-order valence-electron chi connectivity index (χ1n) is 3.47. The lowest BCUT2D eigenvalue weighted by molar-refractivity contribution is -0.383.